The first-order chi connectivity index (χ1) is 8.47. The van der Waals surface area contributed by atoms with Gasteiger partial charge in [-0.3, -0.25) is 0 Å². The van der Waals surface area contributed by atoms with Crippen LogP contribution in [-0.4, -0.2) is 28.3 Å². The Bertz CT molecular complexity index is 390. The minimum Gasteiger partial charge on any atom is -0.434 e. The van der Waals surface area contributed by atoms with E-state index in [1.807, 2.05) is 0 Å². The van der Waals surface area contributed by atoms with Crippen LogP contribution in [0.4, 0.5) is 13.2 Å². The van der Waals surface area contributed by atoms with Crippen LogP contribution in [0.3, 0.4) is 0 Å². The fourth-order valence-corrected chi connectivity index (χ4v) is 1.93. The van der Waals surface area contributed by atoms with Crippen molar-refractivity contribution in [3.05, 3.63) is 29.6 Å². The van der Waals surface area contributed by atoms with E-state index in [-0.39, 0.29) is 6.42 Å². The summed E-state index contributed by atoms with van der Waals surface area (Å²) in [5, 5.41) is 19.7. The molecule has 1 rings (SSSR count). The molecule has 7 heteroatoms. The van der Waals surface area contributed by atoms with Gasteiger partial charge in [-0.1, -0.05) is 22.0 Å². The lowest BCUT2D eigenvalue weighted by Crippen LogP contribution is -2.21. The molecule has 18 heavy (non-hydrogen) atoms. The zero-order valence-corrected chi connectivity index (χ0v) is 10.8. The minimum absolute atomic E-state index is 0.142. The summed E-state index contributed by atoms with van der Waals surface area (Å²) in [6.07, 6.45) is -2.76. The van der Waals surface area contributed by atoms with E-state index in [4.69, 9.17) is 0 Å². The highest BCUT2D eigenvalue weighted by Gasteiger charge is 2.26. The standard InChI is InChI=1S/C11H12BrF3O3/c12-5-4-7(16)10(17)9-6(13)2-1-3-8(9)18-11(14)15/h1-3,7,10-11,16-17H,4-5H2. The van der Waals surface area contributed by atoms with Crippen molar-refractivity contribution in [2.45, 2.75) is 25.2 Å². The number of benzene rings is 1. The van der Waals surface area contributed by atoms with Crippen LogP contribution >= 0.6 is 15.9 Å². The van der Waals surface area contributed by atoms with Crippen molar-refractivity contribution in [1.29, 1.82) is 0 Å². The number of hydrogen-bond acceptors (Lipinski definition) is 3. The van der Waals surface area contributed by atoms with Crippen molar-refractivity contribution in [3.63, 3.8) is 0 Å². The van der Waals surface area contributed by atoms with Crippen LogP contribution in [-0.2, 0) is 0 Å². The van der Waals surface area contributed by atoms with Gasteiger partial charge >= 0.3 is 6.61 Å². The average Bonchev–Trinajstić information content (AvgIpc) is 2.28. The summed E-state index contributed by atoms with van der Waals surface area (Å²) in [7, 11) is 0. The Labute approximate surface area is 110 Å². The van der Waals surface area contributed by atoms with Gasteiger partial charge in [-0.2, -0.15) is 8.78 Å². The number of aliphatic hydroxyl groups excluding tert-OH is 2. The fraction of sp³-hybridized carbons (Fsp3) is 0.455. The van der Waals surface area contributed by atoms with Gasteiger partial charge in [0.05, 0.1) is 11.7 Å². The Hall–Kier alpha value is -0.790. The first-order valence-corrected chi connectivity index (χ1v) is 6.24. The Kier molecular flexibility index (Phi) is 5.90. The lowest BCUT2D eigenvalue weighted by atomic mass is 10.0. The average molecular weight is 329 g/mol. The Morgan fingerprint density at radius 3 is 2.50 bits per heavy atom. The smallest absolute Gasteiger partial charge is 0.387 e. The van der Waals surface area contributed by atoms with Crippen molar-refractivity contribution in [1.82, 2.24) is 0 Å². The number of aliphatic hydroxyl groups is 2. The molecule has 0 aliphatic carbocycles. The topological polar surface area (TPSA) is 49.7 Å². The predicted octanol–water partition coefficient (Wildman–Crippen LogP) is 2.61. The molecule has 0 spiro atoms. The molecule has 2 atom stereocenters. The summed E-state index contributed by atoms with van der Waals surface area (Å²) in [5.74, 6) is -1.39. The van der Waals surface area contributed by atoms with E-state index in [1.165, 1.54) is 6.07 Å². The Morgan fingerprint density at radius 1 is 1.28 bits per heavy atom. The van der Waals surface area contributed by atoms with Crippen molar-refractivity contribution in [2.75, 3.05) is 5.33 Å². The maximum Gasteiger partial charge on any atom is 0.387 e. The van der Waals surface area contributed by atoms with Crippen molar-refractivity contribution in [2.24, 2.45) is 0 Å². The number of rotatable bonds is 6. The summed E-state index contributed by atoms with van der Waals surface area (Å²) >= 11 is 3.05. The number of alkyl halides is 3. The molecule has 2 unspecified atom stereocenters. The van der Waals surface area contributed by atoms with Gasteiger partial charge in [-0.05, 0) is 18.6 Å². The van der Waals surface area contributed by atoms with Gasteiger partial charge < -0.3 is 14.9 Å². The third-order valence-corrected chi connectivity index (χ3v) is 2.75. The first kappa shape index (κ1) is 15.3. The predicted molar refractivity (Wildman–Crippen MR) is 62.4 cm³/mol. The highest BCUT2D eigenvalue weighted by molar-refractivity contribution is 9.09. The lowest BCUT2D eigenvalue weighted by molar-refractivity contribution is -0.0543. The van der Waals surface area contributed by atoms with Gasteiger partial charge in [-0.25, -0.2) is 4.39 Å². The molecule has 0 saturated heterocycles. The van der Waals surface area contributed by atoms with Crippen LogP contribution in [0.25, 0.3) is 0 Å². The monoisotopic (exact) mass is 328 g/mol. The first-order valence-electron chi connectivity index (χ1n) is 5.12. The molecule has 0 amide bonds. The van der Waals surface area contributed by atoms with Crippen LogP contribution in [0.2, 0.25) is 0 Å². The number of halogens is 4. The minimum atomic E-state index is -3.13. The molecule has 102 valence electrons. The fourth-order valence-electron chi connectivity index (χ4n) is 1.47. The normalized spacial score (nSPS) is 14.6. The molecule has 0 aromatic heterocycles. The van der Waals surface area contributed by atoms with E-state index in [9.17, 15) is 23.4 Å². The third-order valence-electron chi connectivity index (χ3n) is 2.29. The van der Waals surface area contributed by atoms with E-state index in [1.54, 1.807) is 0 Å². The molecule has 0 aliphatic rings. The van der Waals surface area contributed by atoms with Gasteiger partial charge in [0.2, 0.25) is 0 Å². The van der Waals surface area contributed by atoms with Gasteiger partial charge in [-0.15, -0.1) is 0 Å². The zero-order chi connectivity index (χ0) is 13.7. The molecule has 3 nitrogen and oxygen atoms in total. The molecule has 0 saturated carbocycles. The molecular formula is C11H12BrF3O3. The van der Waals surface area contributed by atoms with Crippen LogP contribution in [0.1, 0.15) is 18.1 Å². The molecule has 0 aliphatic heterocycles. The van der Waals surface area contributed by atoms with E-state index >= 15 is 0 Å². The van der Waals surface area contributed by atoms with Gasteiger partial charge in [0, 0.05) is 5.33 Å². The highest BCUT2D eigenvalue weighted by atomic mass is 79.9. The molecule has 2 N–H and O–H groups in total. The molecule has 0 radical (unpaired) electrons. The maximum atomic E-state index is 13.5. The molecule has 0 heterocycles. The van der Waals surface area contributed by atoms with Gasteiger partial charge in [0.15, 0.2) is 0 Å². The largest absolute Gasteiger partial charge is 0.434 e. The Morgan fingerprint density at radius 2 is 1.94 bits per heavy atom. The summed E-state index contributed by atoms with van der Waals surface area (Å²) < 4.78 is 42.0. The molecular weight excluding hydrogens is 317 g/mol. The summed E-state index contributed by atoms with van der Waals surface area (Å²) in [6.45, 7) is -3.13. The summed E-state index contributed by atoms with van der Waals surface area (Å²) in [5.41, 5.74) is -0.466. The number of ether oxygens (including phenoxy) is 1. The maximum absolute atomic E-state index is 13.5. The van der Waals surface area contributed by atoms with Crippen LogP contribution in [0, 0.1) is 5.82 Å². The molecule has 0 fully saturated rings. The highest BCUT2D eigenvalue weighted by Crippen LogP contribution is 2.32. The lowest BCUT2D eigenvalue weighted by Gasteiger charge is -2.20. The molecule has 1 aromatic carbocycles. The zero-order valence-electron chi connectivity index (χ0n) is 9.19. The van der Waals surface area contributed by atoms with Crippen molar-refractivity contribution < 1.29 is 28.1 Å². The van der Waals surface area contributed by atoms with Crippen molar-refractivity contribution >= 4 is 15.9 Å². The second kappa shape index (κ2) is 6.96. The van der Waals surface area contributed by atoms with Gasteiger partial charge in [0.25, 0.3) is 0 Å². The number of hydrogen-bond donors (Lipinski definition) is 2. The second-order valence-electron chi connectivity index (χ2n) is 3.52. The van der Waals surface area contributed by atoms with Crippen LogP contribution < -0.4 is 4.74 Å². The van der Waals surface area contributed by atoms with E-state index in [0.717, 1.165) is 12.1 Å². The van der Waals surface area contributed by atoms with E-state index < -0.39 is 35.9 Å². The SMILES string of the molecule is OC(CCBr)C(O)c1c(F)cccc1OC(F)F. The van der Waals surface area contributed by atoms with Gasteiger partial charge in [0.1, 0.15) is 17.7 Å². The third kappa shape index (κ3) is 3.86. The van der Waals surface area contributed by atoms with E-state index in [2.05, 4.69) is 20.7 Å². The quantitative estimate of drug-likeness (QED) is 0.789. The Balaban J connectivity index is 3.04. The second-order valence-corrected chi connectivity index (χ2v) is 4.31. The van der Waals surface area contributed by atoms with Crippen molar-refractivity contribution in [3.8, 4) is 5.75 Å². The molecule has 1 aromatic rings. The molecule has 0 bridgehead atoms. The summed E-state index contributed by atoms with van der Waals surface area (Å²) in [6, 6.07) is 3.28. The van der Waals surface area contributed by atoms with E-state index in [0.29, 0.717) is 5.33 Å². The summed E-state index contributed by atoms with van der Waals surface area (Å²) in [4.78, 5) is 0. The van der Waals surface area contributed by atoms with Crippen LogP contribution in [0.15, 0.2) is 18.2 Å². The van der Waals surface area contributed by atoms with Crippen LogP contribution in [0.5, 0.6) is 5.75 Å².